The molecular weight excluding hydrogens is 733 g/mol. The Bertz CT molecular complexity index is 1040. The summed E-state index contributed by atoms with van der Waals surface area (Å²) in [5.41, 5.74) is 0. The van der Waals surface area contributed by atoms with E-state index in [9.17, 15) is 14.4 Å². The van der Waals surface area contributed by atoms with Gasteiger partial charge >= 0.3 is 17.9 Å². The van der Waals surface area contributed by atoms with Crippen molar-refractivity contribution < 1.29 is 28.6 Å². The van der Waals surface area contributed by atoms with Gasteiger partial charge in [-0.2, -0.15) is 0 Å². The lowest BCUT2D eigenvalue weighted by molar-refractivity contribution is -0.167. The van der Waals surface area contributed by atoms with Crippen molar-refractivity contribution >= 4 is 17.9 Å². The molecule has 0 aromatic rings. The molecule has 0 aliphatic carbocycles. The average molecular weight is 827 g/mol. The highest BCUT2D eigenvalue weighted by molar-refractivity contribution is 5.71. The minimum atomic E-state index is -0.778. The van der Waals surface area contributed by atoms with E-state index in [4.69, 9.17) is 14.2 Å². The maximum atomic E-state index is 12.7. The van der Waals surface area contributed by atoms with E-state index in [0.717, 1.165) is 89.9 Å². The minimum Gasteiger partial charge on any atom is -0.462 e. The molecule has 0 amide bonds. The molecule has 0 aromatic carbocycles. The molecule has 6 heteroatoms. The first kappa shape index (κ1) is 56.4. The molecule has 1 unspecified atom stereocenters. The largest absolute Gasteiger partial charge is 0.462 e. The Morgan fingerprint density at radius 1 is 0.339 bits per heavy atom. The summed E-state index contributed by atoms with van der Waals surface area (Å²) < 4.78 is 16.7. The molecule has 0 radical (unpaired) electrons. The molecule has 1 atom stereocenters. The van der Waals surface area contributed by atoms with Crippen molar-refractivity contribution in [1.29, 1.82) is 0 Å². The molecule has 0 rings (SSSR count). The first-order valence-electron chi connectivity index (χ1n) is 25.1. The van der Waals surface area contributed by atoms with Crippen molar-refractivity contribution in [2.24, 2.45) is 0 Å². The highest BCUT2D eigenvalue weighted by Crippen LogP contribution is 2.14. The summed E-state index contributed by atoms with van der Waals surface area (Å²) in [5.74, 6) is -0.899. The van der Waals surface area contributed by atoms with Gasteiger partial charge in [-0.25, -0.2) is 0 Å². The fraction of sp³-hybridized carbons (Fsp3) is 0.792. The van der Waals surface area contributed by atoms with Gasteiger partial charge in [-0.05, 0) is 83.5 Å². The normalized spacial score (nSPS) is 12.4. The summed E-state index contributed by atoms with van der Waals surface area (Å²) in [6.45, 7) is 6.56. The summed E-state index contributed by atoms with van der Waals surface area (Å²) in [7, 11) is 0. The second-order valence-corrected chi connectivity index (χ2v) is 16.7. The van der Waals surface area contributed by atoms with Crippen molar-refractivity contribution in [2.45, 2.75) is 258 Å². The Balaban J connectivity index is 4.34. The predicted molar refractivity (Wildman–Crippen MR) is 252 cm³/mol. The van der Waals surface area contributed by atoms with Crippen LogP contribution in [0, 0.1) is 0 Å². The summed E-state index contributed by atoms with van der Waals surface area (Å²) in [5, 5.41) is 0. The predicted octanol–water partition coefficient (Wildman–Crippen LogP) is 16.3. The number of allylic oxidation sites excluding steroid dienone is 8. The third kappa shape index (κ3) is 46.3. The number of rotatable bonds is 45. The second-order valence-electron chi connectivity index (χ2n) is 16.7. The van der Waals surface area contributed by atoms with Gasteiger partial charge in [0.15, 0.2) is 6.10 Å². The van der Waals surface area contributed by atoms with Crippen LogP contribution in [0.2, 0.25) is 0 Å². The molecule has 342 valence electrons. The molecule has 0 aliphatic heterocycles. The minimum absolute atomic E-state index is 0.0791. The van der Waals surface area contributed by atoms with E-state index in [-0.39, 0.29) is 31.1 Å². The standard InChI is InChI=1S/C53H94O6/c1-4-7-10-13-16-19-22-24-25-26-27-28-29-30-32-34-37-40-43-46-52(55)58-49-50(48-57-51(54)45-42-39-36-33-21-18-15-12-9-6-3)59-53(56)47-44-41-38-35-31-23-20-17-14-11-8-5-2/h16-17,19-20,24-25,27-28,50H,4-15,18,21-23,26,29-49H2,1-3H3/b19-16-,20-17-,25-24-,28-27-. The van der Waals surface area contributed by atoms with Crippen LogP contribution in [0.25, 0.3) is 0 Å². The molecule has 59 heavy (non-hydrogen) atoms. The number of carbonyl (C=O) groups excluding carboxylic acids is 3. The van der Waals surface area contributed by atoms with Crippen molar-refractivity contribution in [1.82, 2.24) is 0 Å². The number of hydrogen-bond acceptors (Lipinski definition) is 6. The lowest BCUT2D eigenvalue weighted by Crippen LogP contribution is -2.30. The number of esters is 3. The van der Waals surface area contributed by atoms with Gasteiger partial charge < -0.3 is 14.2 Å². The van der Waals surface area contributed by atoms with Crippen molar-refractivity contribution in [2.75, 3.05) is 13.2 Å². The first-order chi connectivity index (χ1) is 29.0. The maximum absolute atomic E-state index is 12.7. The Hall–Kier alpha value is -2.63. The molecule has 0 saturated heterocycles. The SMILES string of the molecule is CCCCC/C=C\C/C=C\C/C=C\CCCCCCCCC(=O)OCC(COC(=O)CCCCCCCCCCCC)OC(=O)CCCCCCC/C=C\CCCCC. The highest BCUT2D eigenvalue weighted by Gasteiger charge is 2.19. The molecule has 0 heterocycles. The Morgan fingerprint density at radius 3 is 1.00 bits per heavy atom. The van der Waals surface area contributed by atoms with Gasteiger partial charge in [0, 0.05) is 19.3 Å². The lowest BCUT2D eigenvalue weighted by atomic mass is 10.1. The van der Waals surface area contributed by atoms with E-state index < -0.39 is 6.10 Å². The van der Waals surface area contributed by atoms with Gasteiger partial charge in [0.25, 0.3) is 0 Å². The van der Waals surface area contributed by atoms with Crippen molar-refractivity contribution in [3.63, 3.8) is 0 Å². The van der Waals surface area contributed by atoms with Crippen molar-refractivity contribution in [3.05, 3.63) is 48.6 Å². The monoisotopic (exact) mass is 827 g/mol. The van der Waals surface area contributed by atoms with Crippen LogP contribution in [0.5, 0.6) is 0 Å². The van der Waals surface area contributed by atoms with Gasteiger partial charge in [0.2, 0.25) is 0 Å². The summed E-state index contributed by atoms with van der Waals surface area (Å²) in [6, 6.07) is 0. The Labute approximate surface area is 365 Å². The quantitative estimate of drug-likeness (QED) is 0.0263. The smallest absolute Gasteiger partial charge is 0.306 e. The van der Waals surface area contributed by atoms with Crippen LogP contribution in [-0.2, 0) is 28.6 Å². The third-order valence-electron chi connectivity index (χ3n) is 10.8. The molecule has 0 spiro atoms. The van der Waals surface area contributed by atoms with Gasteiger partial charge in [-0.15, -0.1) is 0 Å². The molecular formula is C53H94O6. The van der Waals surface area contributed by atoms with E-state index in [1.54, 1.807) is 0 Å². The van der Waals surface area contributed by atoms with Gasteiger partial charge in [-0.3, -0.25) is 14.4 Å². The zero-order valence-electron chi connectivity index (χ0n) is 39.0. The lowest BCUT2D eigenvalue weighted by Gasteiger charge is -2.18. The van der Waals surface area contributed by atoms with E-state index >= 15 is 0 Å². The molecule has 0 aromatic heterocycles. The second kappa shape index (κ2) is 48.0. The molecule has 0 saturated carbocycles. The van der Waals surface area contributed by atoms with Gasteiger partial charge in [0.05, 0.1) is 0 Å². The molecule has 6 nitrogen and oxygen atoms in total. The number of unbranched alkanes of at least 4 members (excludes halogenated alkanes) is 26. The fourth-order valence-corrected chi connectivity index (χ4v) is 6.97. The topological polar surface area (TPSA) is 78.9 Å². The van der Waals surface area contributed by atoms with Crippen LogP contribution >= 0.6 is 0 Å². The van der Waals surface area contributed by atoms with Crippen LogP contribution in [0.3, 0.4) is 0 Å². The van der Waals surface area contributed by atoms with E-state index in [1.165, 1.54) is 122 Å². The van der Waals surface area contributed by atoms with E-state index in [1.807, 2.05) is 0 Å². The van der Waals surface area contributed by atoms with Crippen LogP contribution in [0.1, 0.15) is 252 Å². The molecule has 0 aliphatic rings. The van der Waals surface area contributed by atoms with Crippen LogP contribution in [0.4, 0.5) is 0 Å². The number of hydrogen-bond donors (Lipinski definition) is 0. The summed E-state index contributed by atoms with van der Waals surface area (Å²) in [6.07, 6.45) is 56.6. The van der Waals surface area contributed by atoms with E-state index in [2.05, 4.69) is 69.4 Å². The third-order valence-corrected chi connectivity index (χ3v) is 10.8. The zero-order valence-corrected chi connectivity index (χ0v) is 39.0. The Kier molecular flexibility index (Phi) is 45.9. The van der Waals surface area contributed by atoms with Crippen LogP contribution in [-0.4, -0.2) is 37.2 Å². The van der Waals surface area contributed by atoms with Gasteiger partial charge in [0.1, 0.15) is 13.2 Å². The molecule has 0 N–H and O–H groups in total. The van der Waals surface area contributed by atoms with Crippen LogP contribution < -0.4 is 0 Å². The van der Waals surface area contributed by atoms with Crippen molar-refractivity contribution in [3.8, 4) is 0 Å². The number of ether oxygens (including phenoxy) is 3. The summed E-state index contributed by atoms with van der Waals surface area (Å²) >= 11 is 0. The Morgan fingerprint density at radius 2 is 0.610 bits per heavy atom. The van der Waals surface area contributed by atoms with E-state index in [0.29, 0.717) is 19.3 Å². The van der Waals surface area contributed by atoms with Gasteiger partial charge in [-0.1, -0.05) is 198 Å². The first-order valence-corrected chi connectivity index (χ1v) is 25.1. The molecule has 0 bridgehead atoms. The van der Waals surface area contributed by atoms with Crippen LogP contribution in [0.15, 0.2) is 48.6 Å². The highest BCUT2D eigenvalue weighted by atomic mass is 16.6. The molecule has 0 fully saturated rings. The summed E-state index contributed by atoms with van der Waals surface area (Å²) in [4.78, 5) is 37.8. The maximum Gasteiger partial charge on any atom is 0.306 e. The fourth-order valence-electron chi connectivity index (χ4n) is 6.97. The number of carbonyl (C=O) groups is 3. The average Bonchev–Trinajstić information content (AvgIpc) is 3.23. The zero-order chi connectivity index (χ0) is 43.0.